The van der Waals surface area contributed by atoms with Crippen molar-refractivity contribution in [1.82, 2.24) is 5.32 Å². The van der Waals surface area contributed by atoms with Crippen LogP contribution in [0.2, 0.25) is 5.02 Å². The fraction of sp³-hybridized carbons (Fsp3) is 0.250. The summed E-state index contributed by atoms with van der Waals surface area (Å²) in [6.45, 7) is 1.86. The zero-order valence-electron chi connectivity index (χ0n) is 10.5. The maximum atomic E-state index is 13.0. The molecule has 1 N–H and O–H groups in total. The average molecular weight is 276 g/mol. The minimum Gasteiger partial charge on any atom is -0.315 e. The van der Waals surface area contributed by atoms with E-state index < -0.39 is 0 Å². The van der Waals surface area contributed by atoms with Gasteiger partial charge in [0.2, 0.25) is 0 Å². The molecule has 1 aliphatic heterocycles. The van der Waals surface area contributed by atoms with Gasteiger partial charge in [0.05, 0.1) is 0 Å². The Bertz CT molecular complexity index is 558. The number of nitrogens with one attached hydrogen (secondary N) is 1. The summed E-state index contributed by atoms with van der Waals surface area (Å²) in [6.07, 6.45) is 0.947. The molecule has 0 bridgehead atoms. The molecule has 98 valence electrons. The van der Waals surface area contributed by atoms with Crippen LogP contribution in [0.4, 0.5) is 4.39 Å². The molecule has 0 aromatic heterocycles. The fourth-order valence-electron chi connectivity index (χ4n) is 2.65. The van der Waals surface area contributed by atoms with Crippen LogP contribution in [0.5, 0.6) is 0 Å². The van der Waals surface area contributed by atoms with E-state index in [2.05, 4.69) is 17.4 Å². The molecule has 1 heterocycles. The molecule has 0 aliphatic carbocycles. The lowest BCUT2D eigenvalue weighted by Crippen LogP contribution is -2.58. The molecule has 0 radical (unpaired) electrons. The molecular formula is C16H15ClFN. The van der Waals surface area contributed by atoms with Crippen molar-refractivity contribution in [2.24, 2.45) is 0 Å². The van der Waals surface area contributed by atoms with Crippen LogP contribution in [-0.4, -0.2) is 13.1 Å². The van der Waals surface area contributed by atoms with Crippen LogP contribution < -0.4 is 5.32 Å². The number of halogens is 2. The van der Waals surface area contributed by atoms with Crippen LogP contribution in [0.3, 0.4) is 0 Å². The second kappa shape index (κ2) is 4.95. The molecule has 1 fully saturated rings. The van der Waals surface area contributed by atoms with Gasteiger partial charge in [0, 0.05) is 23.5 Å². The highest BCUT2D eigenvalue weighted by Crippen LogP contribution is 2.32. The van der Waals surface area contributed by atoms with Gasteiger partial charge in [0.1, 0.15) is 5.82 Å². The predicted molar refractivity (Wildman–Crippen MR) is 76.1 cm³/mol. The smallest absolute Gasteiger partial charge is 0.123 e. The number of rotatable bonds is 3. The van der Waals surface area contributed by atoms with Crippen molar-refractivity contribution in [1.29, 1.82) is 0 Å². The van der Waals surface area contributed by atoms with Crippen LogP contribution in [0.25, 0.3) is 0 Å². The molecule has 0 spiro atoms. The Balaban J connectivity index is 1.87. The molecule has 0 saturated carbocycles. The first-order valence-electron chi connectivity index (χ1n) is 6.39. The summed E-state index contributed by atoms with van der Waals surface area (Å²) in [6, 6.07) is 14.8. The largest absolute Gasteiger partial charge is 0.315 e. The Hall–Kier alpha value is -1.38. The Morgan fingerprint density at radius 2 is 1.63 bits per heavy atom. The van der Waals surface area contributed by atoms with Crippen molar-refractivity contribution in [2.45, 2.75) is 11.8 Å². The van der Waals surface area contributed by atoms with Crippen LogP contribution in [0.15, 0.2) is 48.5 Å². The summed E-state index contributed by atoms with van der Waals surface area (Å²) >= 11 is 5.91. The first kappa shape index (κ1) is 12.6. The van der Waals surface area contributed by atoms with E-state index in [1.807, 2.05) is 24.3 Å². The van der Waals surface area contributed by atoms with Gasteiger partial charge in [-0.2, -0.15) is 0 Å². The zero-order chi connectivity index (χ0) is 13.3. The fourth-order valence-corrected chi connectivity index (χ4v) is 2.78. The molecule has 1 nitrogen and oxygen atoms in total. The van der Waals surface area contributed by atoms with Gasteiger partial charge in [-0.1, -0.05) is 35.9 Å². The van der Waals surface area contributed by atoms with Gasteiger partial charge in [0.15, 0.2) is 0 Å². The Labute approximate surface area is 117 Å². The molecule has 1 aliphatic rings. The summed E-state index contributed by atoms with van der Waals surface area (Å²) < 4.78 is 13.0. The second-order valence-corrected chi connectivity index (χ2v) is 5.63. The molecule has 2 aromatic carbocycles. The molecule has 19 heavy (non-hydrogen) atoms. The van der Waals surface area contributed by atoms with Crippen molar-refractivity contribution in [2.75, 3.05) is 13.1 Å². The summed E-state index contributed by atoms with van der Waals surface area (Å²) in [5.41, 5.74) is 2.54. The molecule has 3 rings (SSSR count). The lowest BCUT2D eigenvalue weighted by Gasteiger charge is -2.43. The summed E-state index contributed by atoms with van der Waals surface area (Å²) in [5, 5.41) is 4.08. The molecule has 3 heteroatoms. The lowest BCUT2D eigenvalue weighted by molar-refractivity contribution is 0.274. The number of hydrogen-bond acceptors (Lipinski definition) is 1. The predicted octanol–water partition coefficient (Wildman–Crippen LogP) is 3.56. The summed E-state index contributed by atoms with van der Waals surface area (Å²) in [4.78, 5) is 0. The molecule has 0 amide bonds. The van der Waals surface area contributed by atoms with E-state index in [1.54, 1.807) is 0 Å². The van der Waals surface area contributed by atoms with Crippen molar-refractivity contribution in [3.8, 4) is 0 Å². The molecular weight excluding hydrogens is 261 g/mol. The second-order valence-electron chi connectivity index (χ2n) is 5.19. The molecule has 2 aromatic rings. The zero-order valence-corrected chi connectivity index (χ0v) is 11.3. The van der Waals surface area contributed by atoms with Crippen LogP contribution in [0.1, 0.15) is 11.1 Å². The van der Waals surface area contributed by atoms with Gasteiger partial charge in [-0.05, 0) is 41.8 Å². The maximum Gasteiger partial charge on any atom is 0.123 e. The Morgan fingerprint density at radius 1 is 1.00 bits per heavy atom. The van der Waals surface area contributed by atoms with E-state index in [-0.39, 0.29) is 11.2 Å². The highest BCUT2D eigenvalue weighted by Gasteiger charge is 2.38. The van der Waals surface area contributed by atoms with Gasteiger partial charge in [-0.25, -0.2) is 4.39 Å². The van der Waals surface area contributed by atoms with E-state index >= 15 is 0 Å². The van der Waals surface area contributed by atoms with Gasteiger partial charge >= 0.3 is 0 Å². The topological polar surface area (TPSA) is 12.0 Å². The summed E-state index contributed by atoms with van der Waals surface area (Å²) in [5.74, 6) is -0.183. The maximum absolute atomic E-state index is 13.0. The SMILES string of the molecule is Fc1ccc(C2(Cc3ccc(Cl)cc3)CNC2)cc1. The third-order valence-corrected chi connectivity index (χ3v) is 4.09. The number of benzene rings is 2. The van der Waals surface area contributed by atoms with Crippen molar-refractivity contribution in [3.05, 3.63) is 70.5 Å². The first-order chi connectivity index (χ1) is 9.18. The summed E-state index contributed by atoms with van der Waals surface area (Å²) in [7, 11) is 0. The van der Waals surface area contributed by atoms with Crippen molar-refractivity contribution >= 4 is 11.6 Å². The van der Waals surface area contributed by atoms with E-state index in [0.717, 1.165) is 24.5 Å². The van der Waals surface area contributed by atoms with Crippen LogP contribution >= 0.6 is 11.6 Å². The van der Waals surface area contributed by atoms with Gasteiger partial charge < -0.3 is 5.32 Å². The average Bonchev–Trinajstić information content (AvgIpc) is 2.37. The Morgan fingerprint density at radius 3 is 2.16 bits per heavy atom. The van der Waals surface area contributed by atoms with Gasteiger partial charge in [-0.15, -0.1) is 0 Å². The highest BCUT2D eigenvalue weighted by atomic mass is 35.5. The van der Waals surface area contributed by atoms with Crippen molar-refractivity contribution < 1.29 is 4.39 Å². The quantitative estimate of drug-likeness (QED) is 0.903. The minimum absolute atomic E-state index is 0.0849. The lowest BCUT2D eigenvalue weighted by atomic mass is 9.71. The van der Waals surface area contributed by atoms with Gasteiger partial charge in [0.25, 0.3) is 0 Å². The Kier molecular flexibility index (Phi) is 3.29. The first-order valence-corrected chi connectivity index (χ1v) is 6.77. The van der Waals surface area contributed by atoms with Crippen LogP contribution in [-0.2, 0) is 11.8 Å². The van der Waals surface area contributed by atoms with Crippen LogP contribution in [0, 0.1) is 5.82 Å². The minimum atomic E-state index is -0.183. The van der Waals surface area contributed by atoms with E-state index in [0.29, 0.717) is 0 Å². The third kappa shape index (κ3) is 2.51. The number of hydrogen-bond donors (Lipinski definition) is 1. The highest BCUT2D eigenvalue weighted by molar-refractivity contribution is 6.30. The third-order valence-electron chi connectivity index (χ3n) is 3.84. The normalized spacial score (nSPS) is 16.9. The van der Waals surface area contributed by atoms with E-state index in [4.69, 9.17) is 11.6 Å². The molecule has 0 atom stereocenters. The molecule has 0 unspecified atom stereocenters. The van der Waals surface area contributed by atoms with Crippen molar-refractivity contribution in [3.63, 3.8) is 0 Å². The van der Waals surface area contributed by atoms with Gasteiger partial charge in [-0.3, -0.25) is 0 Å². The van der Waals surface area contributed by atoms with E-state index in [9.17, 15) is 4.39 Å². The van der Waals surface area contributed by atoms with E-state index in [1.165, 1.54) is 23.3 Å². The standard InChI is InChI=1S/C16H15ClFN/c17-14-5-1-12(2-6-14)9-16(10-19-11-16)13-3-7-15(18)8-4-13/h1-8,19H,9-11H2. The molecule has 1 saturated heterocycles. The monoisotopic (exact) mass is 275 g/mol.